The van der Waals surface area contributed by atoms with E-state index in [0.29, 0.717) is 22.2 Å². The molecule has 7 heteroatoms. The molecule has 2 aromatic heterocycles. The first-order chi connectivity index (χ1) is 14.5. The van der Waals surface area contributed by atoms with Crippen LogP contribution in [-0.4, -0.2) is 21.8 Å². The molecule has 6 nitrogen and oxygen atoms in total. The molecule has 4 aromatic rings. The summed E-state index contributed by atoms with van der Waals surface area (Å²) in [6.07, 6.45) is 2.30. The predicted octanol–water partition coefficient (Wildman–Crippen LogP) is 4.99. The first kappa shape index (κ1) is 19.3. The van der Waals surface area contributed by atoms with Gasteiger partial charge in [0.1, 0.15) is 12.3 Å². The number of amides is 1. The van der Waals surface area contributed by atoms with Gasteiger partial charge in [-0.15, -0.1) is 0 Å². The van der Waals surface area contributed by atoms with E-state index in [1.165, 1.54) is 12.3 Å². The van der Waals surface area contributed by atoms with E-state index in [2.05, 4.69) is 15.3 Å². The lowest BCUT2D eigenvalue weighted by Crippen LogP contribution is -2.16. The number of fused-ring (bicyclic) bond motifs is 1. The summed E-state index contributed by atoms with van der Waals surface area (Å²) in [6, 6.07) is 15.6. The minimum absolute atomic E-state index is 0.0499. The Morgan fingerprint density at radius 2 is 1.90 bits per heavy atom. The minimum Gasteiger partial charge on any atom is -0.444 e. The van der Waals surface area contributed by atoms with Gasteiger partial charge in [0, 0.05) is 23.3 Å². The summed E-state index contributed by atoms with van der Waals surface area (Å²) < 4.78 is 20.3. The summed E-state index contributed by atoms with van der Waals surface area (Å²) in [5.74, 6) is -1.31. The Balaban J connectivity index is 1.57. The number of ketones is 1. The number of benzene rings is 2. The van der Waals surface area contributed by atoms with Crippen molar-refractivity contribution < 1.29 is 18.7 Å². The minimum atomic E-state index is -0.810. The van der Waals surface area contributed by atoms with Gasteiger partial charge in [-0.1, -0.05) is 36.4 Å². The fraction of sp³-hybridized carbons (Fsp3) is 0.0870. The number of aryl methyl sites for hydroxylation is 1. The molecule has 1 amide bonds. The number of H-pyrrole nitrogens is 1. The summed E-state index contributed by atoms with van der Waals surface area (Å²) in [4.78, 5) is 32.3. The number of carbonyl (C=O) groups excluding carboxylic acids is 2. The Hall–Kier alpha value is -4.00. The highest BCUT2D eigenvalue weighted by atomic mass is 19.1. The molecule has 0 radical (unpaired) electrons. The molecule has 0 atom stereocenters. The molecule has 0 aliphatic heterocycles. The molecule has 4 rings (SSSR count). The lowest BCUT2D eigenvalue weighted by Gasteiger charge is -2.12. The van der Waals surface area contributed by atoms with E-state index in [1.807, 2.05) is 30.3 Å². The van der Waals surface area contributed by atoms with Crippen LogP contribution in [0.5, 0.6) is 0 Å². The van der Waals surface area contributed by atoms with Gasteiger partial charge in [0.05, 0.1) is 11.3 Å². The highest BCUT2D eigenvalue weighted by Crippen LogP contribution is 2.27. The highest BCUT2D eigenvalue weighted by molar-refractivity contribution is 6.17. The van der Waals surface area contributed by atoms with Crippen LogP contribution in [0.1, 0.15) is 27.0 Å². The second kappa shape index (κ2) is 8.16. The van der Waals surface area contributed by atoms with Crippen LogP contribution in [-0.2, 0) is 11.3 Å². The van der Waals surface area contributed by atoms with Gasteiger partial charge in [-0.3, -0.25) is 10.1 Å². The monoisotopic (exact) mass is 403 g/mol. The van der Waals surface area contributed by atoms with Gasteiger partial charge >= 0.3 is 6.09 Å². The predicted molar refractivity (Wildman–Crippen MR) is 111 cm³/mol. The molecular formula is C23H18FN3O3. The smallest absolute Gasteiger partial charge is 0.412 e. The van der Waals surface area contributed by atoms with E-state index >= 15 is 4.39 Å². The quantitative estimate of drug-likeness (QED) is 0.460. The zero-order valence-corrected chi connectivity index (χ0v) is 16.1. The van der Waals surface area contributed by atoms with E-state index in [1.54, 1.807) is 31.3 Å². The van der Waals surface area contributed by atoms with E-state index in [0.717, 1.165) is 5.56 Å². The van der Waals surface area contributed by atoms with Crippen molar-refractivity contribution in [2.75, 3.05) is 5.32 Å². The average Bonchev–Trinajstić information content (AvgIpc) is 3.19. The molecule has 0 bridgehead atoms. The van der Waals surface area contributed by atoms with Crippen LogP contribution in [0.3, 0.4) is 0 Å². The fourth-order valence-electron chi connectivity index (χ4n) is 3.20. The molecule has 0 aliphatic rings. The number of anilines is 1. The molecule has 2 heterocycles. The number of hydrogen-bond donors (Lipinski definition) is 2. The number of nitrogens with zero attached hydrogens (tertiary/aromatic N) is 1. The zero-order chi connectivity index (χ0) is 21.1. The Morgan fingerprint density at radius 3 is 2.70 bits per heavy atom. The molecule has 2 aromatic carbocycles. The van der Waals surface area contributed by atoms with Gasteiger partial charge in [-0.25, -0.2) is 14.2 Å². The van der Waals surface area contributed by atoms with Crippen LogP contribution in [0.2, 0.25) is 0 Å². The number of carbonyl (C=O) groups is 2. The molecule has 0 spiro atoms. The standard InChI is InChI=1S/C23H18FN3O3/c1-14-9-10-18(27-23(29)30-13-15-6-3-2-4-7-15)20(24)19(14)21(28)17-12-26-22-16(17)8-5-11-25-22/h2-12H,13H2,1H3,(H,25,26)(H,27,29). The van der Waals surface area contributed by atoms with Crippen molar-refractivity contribution in [3.05, 3.63) is 95.1 Å². The van der Waals surface area contributed by atoms with Crippen LogP contribution in [0, 0.1) is 12.7 Å². The zero-order valence-electron chi connectivity index (χ0n) is 16.1. The summed E-state index contributed by atoms with van der Waals surface area (Å²) in [6.45, 7) is 1.69. The summed E-state index contributed by atoms with van der Waals surface area (Å²) in [5, 5.41) is 2.98. The van der Waals surface area contributed by atoms with E-state index in [-0.39, 0.29) is 17.9 Å². The maximum Gasteiger partial charge on any atom is 0.412 e. The molecule has 0 unspecified atom stereocenters. The van der Waals surface area contributed by atoms with E-state index in [4.69, 9.17) is 4.74 Å². The number of pyridine rings is 1. The van der Waals surface area contributed by atoms with Crippen LogP contribution >= 0.6 is 0 Å². The SMILES string of the molecule is Cc1ccc(NC(=O)OCc2ccccc2)c(F)c1C(=O)c1c[nH]c2ncccc12. The van der Waals surface area contributed by atoms with Crippen LogP contribution in [0.15, 0.2) is 67.0 Å². The van der Waals surface area contributed by atoms with E-state index < -0.39 is 17.7 Å². The Bertz CT molecular complexity index is 1240. The normalized spacial score (nSPS) is 10.7. The van der Waals surface area contributed by atoms with Gasteiger partial charge in [0.2, 0.25) is 0 Å². The van der Waals surface area contributed by atoms with Crippen molar-refractivity contribution in [3.63, 3.8) is 0 Å². The molecule has 30 heavy (non-hydrogen) atoms. The molecule has 150 valence electrons. The molecule has 0 aliphatic carbocycles. The lowest BCUT2D eigenvalue weighted by atomic mass is 9.97. The van der Waals surface area contributed by atoms with Gasteiger partial charge in [-0.2, -0.15) is 0 Å². The second-order valence-corrected chi connectivity index (χ2v) is 6.74. The second-order valence-electron chi connectivity index (χ2n) is 6.74. The third-order valence-electron chi connectivity index (χ3n) is 4.72. The third kappa shape index (κ3) is 3.77. The molecular weight excluding hydrogens is 385 g/mol. The summed E-state index contributed by atoms with van der Waals surface area (Å²) in [7, 11) is 0. The average molecular weight is 403 g/mol. The van der Waals surface area contributed by atoms with Crippen molar-refractivity contribution in [1.82, 2.24) is 9.97 Å². The maximum atomic E-state index is 15.2. The summed E-state index contributed by atoms with van der Waals surface area (Å²) >= 11 is 0. The topological polar surface area (TPSA) is 84.1 Å². The third-order valence-corrected chi connectivity index (χ3v) is 4.72. The number of aromatic amines is 1. The number of rotatable bonds is 5. The largest absolute Gasteiger partial charge is 0.444 e. The number of nitrogens with one attached hydrogen (secondary N) is 2. The van der Waals surface area contributed by atoms with E-state index in [9.17, 15) is 9.59 Å². The maximum absolute atomic E-state index is 15.2. The first-order valence-corrected chi connectivity index (χ1v) is 9.28. The Labute approximate surface area is 171 Å². The van der Waals surface area contributed by atoms with Gasteiger partial charge in [0.25, 0.3) is 0 Å². The Morgan fingerprint density at radius 1 is 1.10 bits per heavy atom. The summed E-state index contributed by atoms with van der Waals surface area (Å²) in [5.41, 5.74) is 1.88. The molecule has 2 N–H and O–H groups in total. The van der Waals surface area contributed by atoms with Crippen molar-refractivity contribution in [2.45, 2.75) is 13.5 Å². The Kier molecular flexibility index (Phi) is 5.26. The van der Waals surface area contributed by atoms with Gasteiger partial charge in [0.15, 0.2) is 11.6 Å². The van der Waals surface area contributed by atoms with Gasteiger partial charge in [-0.05, 0) is 36.2 Å². The van der Waals surface area contributed by atoms with Crippen molar-refractivity contribution in [2.24, 2.45) is 0 Å². The molecule has 0 saturated carbocycles. The number of aromatic nitrogens is 2. The van der Waals surface area contributed by atoms with Crippen LogP contribution < -0.4 is 5.32 Å². The van der Waals surface area contributed by atoms with Crippen molar-refractivity contribution in [1.29, 1.82) is 0 Å². The first-order valence-electron chi connectivity index (χ1n) is 9.28. The van der Waals surface area contributed by atoms with Crippen LogP contribution in [0.4, 0.5) is 14.9 Å². The van der Waals surface area contributed by atoms with Crippen LogP contribution in [0.25, 0.3) is 11.0 Å². The lowest BCUT2D eigenvalue weighted by molar-refractivity contribution is 0.103. The number of halogens is 1. The van der Waals surface area contributed by atoms with Crippen molar-refractivity contribution in [3.8, 4) is 0 Å². The molecule has 0 saturated heterocycles. The van der Waals surface area contributed by atoms with Crippen molar-refractivity contribution >= 4 is 28.6 Å². The van der Waals surface area contributed by atoms with Gasteiger partial charge < -0.3 is 9.72 Å². The highest BCUT2D eigenvalue weighted by Gasteiger charge is 2.23. The number of ether oxygens (including phenoxy) is 1. The molecule has 0 fully saturated rings. The fourth-order valence-corrected chi connectivity index (χ4v) is 3.20. The number of hydrogen-bond acceptors (Lipinski definition) is 4.